The van der Waals surface area contributed by atoms with Crippen molar-refractivity contribution in [1.82, 2.24) is 5.32 Å². The van der Waals surface area contributed by atoms with Gasteiger partial charge >= 0.3 is 0 Å². The minimum absolute atomic E-state index is 0.112. The summed E-state index contributed by atoms with van der Waals surface area (Å²) in [4.78, 5) is 4.71. The Bertz CT molecular complexity index is 622. The zero-order valence-electron chi connectivity index (χ0n) is 12.3. The van der Waals surface area contributed by atoms with Crippen molar-refractivity contribution in [3.8, 4) is 0 Å². The van der Waals surface area contributed by atoms with E-state index in [0.717, 1.165) is 29.3 Å². The number of nitrogens with one attached hydrogen (secondary N) is 1. The summed E-state index contributed by atoms with van der Waals surface area (Å²) in [5.74, 6) is 1.09. The molecule has 0 atom stereocenters. The molecule has 0 aromatic heterocycles. The summed E-state index contributed by atoms with van der Waals surface area (Å²) in [6, 6.07) is 6.64. The third kappa shape index (κ3) is 5.01. The number of thioether (sulfide) groups is 1. The van der Waals surface area contributed by atoms with E-state index in [2.05, 4.69) is 24.2 Å². The van der Waals surface area contributed by atoms with Gasteiger partial charge in [0.15, 0.2) is 5.17 Å². The average Bonchev–Trinajstić information content (AvgIpc) is 2.37. The van der Waals surface area contributed by atoms with E-state index in [1.165, 1.54) is 12.1 Å². The molecule has 0 saturated carbocycles. The smallest absolute Gasteiger partial charge is 0.238 e. The molecule has 3 N–H and O–H groups in total. The molecule has 0 amide bonds. The normalized spacial score (nSPS) is 20.2. The van der Waals surface area contributed by atoms with Gasteiger partial charge in [0.2, 0.25) is 10.0 Å². The zero-order valence-corrected chi connectivity index (χ0v) is 13.9. The van der Waals surface area contributed by atoms with E-state index in [9.17, 15) is 8.42 Å². The lowest BCUT2D eigenvalue weighted by Crippen LogP contribution is -2.46. The number of amidine groups is 1. The fraction of sp³-hybridized carbons (Fsp3) is 0.500. The van der Waals surface area contributed by atoms with Crippen LogP contribution < -0.4 is 10.5 Å². The van der Waals surface area contributed by atoms with Crippen molar-refractivity contribution in [2.24, 2.45) is 10.1 Å². The molecule has 5 nitrogen and oxygen atoms in total. The van der Waals surface area contributed by atoms with Crippen molar-refractivity contribution < 1.29 is 8.42 Å². The van der Waals surface area contributed by atoms with E-state index < -0.39 is 10.0 Å². The van der Waals surface area contributed by atoms with Crippen LogP contribution in [0.1, 0.15) is 25.8 Å². The van der Waals surface area contributed by atoms with Gasteiger partial charge in [-0.2, -0.15) is 0 Å². The van der Waals surface area contributed by atoms with Crippen molar-refractivity contribution in [3.05, 3.63) is 29.8 Å². The average molecular weight is 327 g/mol. The fourth-order valence-electron chi connectivity index (χ4n) is 2.01. The van der Waals surface area contributed by atoms with Crippen LogP contribution in [0.3, 0.4) is 0 Å². The van der Waals surface area contributed by atoms with Crippen molar-refractivity contribution in [2.45, 2.75) is 37.1 Å². The lowest BCUT2D eigenvalue weighted by Gasteiger charge is -2.32. The molecule has 1 fully saturated rings. The third-order valence-electron chi connectivity index (χ3n) is 3.32. The summed E-state index contributed by atoms with van der Waals surface area (Å²) in [5.41, 5.74) is 1.16. The highest BCUT2D eigenvalue weighted by Crippen LogP contribution is 2.21. The first kappa shape index (κ1) is 16.3. The van der Waals surface area contributed by atoms with Gasteiger partial charge in [-0.1, -0.05) is 23.9 Å². The van der Waals surface area contributed by atoms with Gasteiger partial charge in [-0.15, -0.1) is 0 Å². The van der Waals surface area contributed by atoms with Crippen LogP contribution >= 0.6 is 11.8 Å². The van der Waals surface area contributed by atoms with Crippen LogP contribution in [0.15, 0.2) is 34.2 Å². The molecule has 0 bridgehead atoms. The molecule has 21 heavy (non-hydrogen) atoms. The van der Waals surface area contributed by atoms with Gasteiger partial charge in [-0.25, -0.2) is 13.6 Å². The second-order valence-electron chi connectivity index (χ2n) is 5.73. The number of primary sulfonamides is 1. The minimum atomic E-state index is -3.61. The van der Waals surface area contributed by atoms with Gasteiger partial charge in [0.25, 0.3) is 0 Å². The van der Waals surface area contributed by atoms with Gasteiger partial charge in [0.05, 0.1) is 4.90 Å². The van der Waals surface area contributed by atoms with Crippen LogP contribution in [0.5, 0.6) is 0 Å². The summed E-state index contributed by atoms with van der Waals surface area (Å²) in [7, 11) is -3.61. The maximum Gasteiger partial charge on any atom is 0.238 e. The fourth-order valence-corrected chi connectivity index (χ4v) is 3.86. The Balaban J connectivity index is 1.92. The maximum atomic E-state index is 11.2. The monoisotopic (exact) mass is 327 g/mol. The molecule has 0 aliphatic carbocycles. The number of nitrogens with two attached hydrogens (primary N) is 1. The van der Waals surface area contributed by atoms with Crippen molar-refractivity contribution in [2.75, 3.05) is 12.3 Å². The molecular weight excluding hydrogens is 306 g/mol. The molecule has 0 radical (unpaired) electrons. The standard InChI is InChI=1S/C14H21N3O2S2/c1-14(2)8-10-20-13(17-14)16-9-7-11-3-5-12(6-4-11)21(15,18)19/h3-6H,7-10H2,1-2H3,(H,16,17)(H2,15,18,19). The molecule has 1 heterocycles. The molecule has 0 spiro atoms. The predicted octanol–water partition coefficient (Wildman–Crippen LogP) is 1.74. The van der Waals surface area contributed by atoms with Crippen molar-refractivity contribution in [1.29, 1.82) is 0 Å². The van der Waals surface area contributed by atoms with Crippen LogP contribution in [0.25, 0.3) is 0 Å². The summed E-state index contributed by atoms with van der Waals surface area (Å²) in [5, 5.41) is 9.49. The molecule has 1 aromatic carbocycles. The Kier molecular flexibility index (Phi) is 4.95. The van der Waals surface area contributed by atoms with Crippen LogP contribution in [0, 0.1) is 0 Å². The molecule has 116 valence electrons. The van der Waals surface area contributed by atoms with E-state index in [4.69, 9.17) is 5.14 Å². The molecule has 1 aliphatic heterocycles. The third-order valence-corrected chi connectivity index (χ3v) is 5.16. The quantitative estimate of drug-likeness (QED) is 0.882. The molecule has 1 aliphatic rings. The Morgan fingerprint density at radius 1 is 1.33 bits per heavy atom. The molecule has 7 heteroatoms. The van der Waals surface area contributed by atoms with Crippen LogP contribution in [0.2, 0.25) is 0 Å². The second kappa shape index (κ2) is 6.37. The topological polar surface area (TPSA) is 84.5 Å². The van der Waals surface area contributed by atoms with E-state index in [0.29, 0.717) is 6.54 Å². The number of nitrogens with zero attached hydrogens (tertiary/aromatic N) is 1. The van der Waals surface area contributed by atoms with E-state index >= 15 is 0 Å². The van der Waals surface area contributed by atoms with Crippen LogP contribution in [-0.2, 0) is 16.4 Å². The number of hydrogen-bond donors (Lipinski definition) is 2. The Morgan fingerprint density at radius 2 is 2.00 bits per heavy atom. The van der Waals surface area contributed by atoms with Gasteiger partial charge < -0.3 is 5.32 Å². The number of rotatable bonds is 4. The number of hydrogen-bond acceptors (Lipinski definition) is 4. The first-order chi connectivity index (χ1) is 9.76. The van der Waals surface area contributed by atoms with Gasteiger partial charge in [0.1, 0.15) is 0 Å². The van der Waals surface area contributed by atoms with E-state index in [1.54, 1.807) is 23.9 Å². The highest BCUT2D eigenvalue weighted by Gasteiger charge is 2.23. The molecule has 1 aromatic rings. The highest BCUT2D eigenvalue weighted by molar-refractivity contribution is 8.13. The van der Waals surface area contributed by atoms with Crippen LogP contribution in [0.4, 0.5) is 0 Å². The van der Waals surface area contributed by atoms with E-state index in [1.807, 2.05) is 0 Å². The molecule has 1 saturated heterocycles. The number of aliphatic imine (C=N–C) groups is 1. The summed E-state index contributed by atoms with van der Waals surface area (Å²) in [6.45, 7) is 5.03. The Labute approximate surface area is 130 Å². The van der Waals surface area contributed by atoms with Gasteiger partial charge in [-0.05, 0) is 44.4 Å². The maximum absolute atomic E-state index is 11.2. The van der Waals surface area contributed by atoms with Gasteiger partial charge in [0, 0.05) is 17.8 Å². The first-order valence-electron chi connectivity index (χ1n) is 6.83. The molecule has 2 rings (SSSR count). The SMILES string of the molecule is CC1(C)CCSC(=NCCc2ccc(S(N)(=O)=O)cc2)N1. The van der Waals surface area contributed by atoms with Crippen molar-refractivity contribution in [3.63, 3.8) is 0 Å². The summed E-state index contributed by atoms with van der Waals surface area (Å²) >= 11 is 1.75. The Morgan fingerprint density at radius 3 is 2.57 bits per heavy atom. The molecular formula is C14H21N3O2S2. The lowest BCUT2D eigenvalue weighted by atomic mass is 10.0. The van der Waals surface area contributed by atoms with Crippen LogP contribution in [-0.4, -0.2) is 31.4 Å². The molecule has 0 unspecified atom stereocenters. The summed E-state index contributed by atoms with van der Waals surface area (Å²) in [6.07, 6.45) is 1.91. The van der Waals surface area contributed by atoms with E-state index in [-0.39, 0.29) is 10.4 Å². The largest absolute Gasteiger partial charge is 0.360 e. The predicted molar refractivity (Wildman–Crippen MR) is 88.1 cm³/mol. The minimum Gasteiger partial charge on any atom is -0.360 e. The first-order valence-corrected chi connectivity index (χ1v) is 9.37. The van der Waals surface area contributed by atoms with Crippen molar-refractivity contribution >= 4 is 27.0 Å². The Hall–Kier alpha value is -1.05. The lowest BCUT2D eigenvalue weighted by molar-refractivity contribution is 0.446. The zero-order chi connectivity index (χ0) is 15.5. The number of benzene rings is 1. The number of sulfonamides is 1. The highest BCUT2D eigenvalue weighted by atomic mass is 32.2. The second-order valence-corrected chi connectivity index (χ2v) is 8.38. The summed E-state index contributed by atoms with van der Waals surface area (Å²) < 4.78 is 22.3. The van der Waals surface area contributed by atoms with Gasteiger partial charge in [-0.3, -0.25) is 4.99 Å².